The highest BCUT2D eigenvalue weighted by atomic mass is 16.6. The molecule has 2 fully saturated rings. The van der Waals surface area contributed by atoms with Crippen LogP contribution in [-0.4, -0.2) is 76.7 Å². The van der Waals surface area contributed by atoms with Crippen LogP contribution in [0.3, 0.4) is 0 Å². The second-order valence-corrected chi connectivity index (χ2v) is 10.1. The van der Waals surface area contributed by atoms with Crippen molar-refractivity contribution in [1.82, 2.24) is 15.1 Å². The quantitative estimate of drug-likeness (QED) is 0.663. The van der Waals surface area contributed by atoms with Crippen LogP contribution in [-0.2, 0) is 4.74 Å². The Labute approximate surface area is 199 Å². The number of carbonyl (C=O) groups is 3. The van der Waals surface area contributed by atoms with Gasteiger partial charge in [-0.25, -0.2) is 9.59 Å². The summed E-state index contributed by atoms with van der Waals surface area (Å²) in [5, 5.41) is 15.0. The lowest BCUT2D eigenvalue weighted by molar-refractivity contribution is -0.0142. The maximum atomic E-state index is 13.7. The number of ketones is 1. The van der Waals surface area contributed by atoms with E-state index in [1.165, 1.54) is 4.90 Å². The SMILES string of the molecule is CC(C)(C)OC(=O)N1CCC(C(=O)c2cccc3ccccc23)CC1[C@@H]1CNCCN1C(=O)O. The minimum Gasteiger partial charge on any atom is -0.465 e. The molecule has 0 radical (unpaired) electrons. The predicted octanol–water partition coefficient (Wildman–Crippen LogP) is 3.99. The third kappa shape index (κ3) is 5.01. The van der Waals surface area contributed by atoms with Crippen molar-refractivity contribution in [1.29, 1.82) is 0 Å². The molecule has 34 heavy (non-hydrogen) atoms. The zero-order chi connectivity index (χ0) is 24.5. The fraction of sp³-hybridized carbons (Fsp3) is 0.500. The van der Waals surface area contributed by atoms with Crippen LogP contribution < -0.4 is 5.32 Å². The first-order valence-electron chi connectivity index (χ1n) is 11.9. The van der Waals surface area contributed by atoms with Crippen LogP contribution in [0.2, 0.25) is 0 Å². The van der Waals surface area contributed by atoms with E-state index in [0.29, 0.717) is 44.6 Å². The molecule has 4 rings (SSSR count). The van der Waals surface area contributed by atoms with Gasteiger partial charge in [-0.2, -0.15) is 0 Å². The molecule has 0 aliphatic carbocycles. The molecule has 2 saturated heterocycles. The van der Waals surface area contributed by atoms with Gasteiger partial charge >= 0.3 is 12.2 Å². The van der Waals surface area contributed by atoms with Gasteiger partial charge in [-0.1, -0.05) is 42.5 Å². The summed E-state index contributed by atoms with van der Waals surface area (Å²) in [5.41, 5.74) is -0.00130. The second-order valence-electron chi connectivity index (χ2n) is 10.1. The third-order valence-corrected chi connectivity index (χ3v) is 6.67. The molecule has 8 nitrogen and oxygen atoms in total. The van der Waals surface area contributed by atoms with Crippen molar-refractivity contribution >= 4 is 28.7 Å². The van der Waals surface area contributed by atoms with Gasteiger partial charge in [0.15, 0.2) is 5.78 Å². The van der Waals surface area contributed by atoms with E-state index in [2.05, 4.69) is 5.32 Å². The number of carbonyl (C=O) groups excluding carboxylic acids is 2. The van der Waals surface area contributed by atoms with E-state index in [4.69, 9.17) is 4.74 Å². The number of hydrogen-bond donors (Lipinski definition) is 2. The van der Waals surface area contributed by atoms with Gasteiger partial charge in [0, 0.05) is 37.7 Å². The molecule has 0 saturated carbocycles. The average Bonchev–Trinajstić information content (AvgIpc) is 2.81. The highest BCUT2D eigenvalue weighted by Crippen LogP contribution is 2.33. The first kappa shape index (κ1) is 24.0. The summed E-state index contributed by atoms with van der Waals surface area (Å²) >= 11 is 0. The van der Waals surface area contributed by atoms with Gasteiger partial charge in [-0.3, -0.25) is 4.79 Å². The minimum absolute atomic E-state index is 0.0382. The van der Waals surface area contributed by atoms with Crippen molar-refractivity contribution < 1.29 is 24.2 Å². The zero-order valence-corrected chi connectivity index (χ0v) is 20.0. The van der Waals surface area contributed by atoms with E-state index in [1.54, 1.807) is 4.90 Å². The molecule has 182 valence electrons. The summed E-state index contributed by atoms with van der Waals surface area (Å²) < 4.78 is 5.65. The largest absolute Gasteiger partial charge is 0.465 e. The van der Waals surface area contributed by atoms with Crippen LogP contribution >= 0.6 is 0 Å². The molecule has 3 atom stereocenters. The van der Waals surface area contributed by atoms with Crippen molar-refractivity contribution in [2.24, 2.45) is 5.92 Å². The van der Waals surface area contributed by atoms with Crippen LogP contribution in [0.1, 0.15) is 44.0 Å². The standard InChI is InChI=1S/C26H33N3O5/c1-26(2,3)34-25(33)29-13-11-18(15-21(29)22-16-27-12-14-28(22)24(31)32)23(30)20-10-6-8-17-7-4-5-9-19(17)20/h4-10,18,21-22,27H,11-16H2,1-3H3,(H,31,32)/t18?,21?,22-/m0/s1. The first-order chi connectivity index (χ1) is 16.2. The number of carboxylic acid groups (broad SMARTS) is 1. The molecule has 2 heterocycles. The summed E-state index contributed by atoms with van der Waals surface area (Å²) in [5.74, 6) is -0.275. The third-order valence-electron chi connectivity index (χ3n) is 6.67. The average molecular weight is 468 g/mol. The Morgan fingerprint density at radius 1 is 1.00 bits per heavy atom. The van der Waals surface area contributed by atoms with Crippen molar-refractivity contribution in [3.8, 4) is 0 Å². The van der Waals surface area contributed by atoms with Crippen molar-refractivity contribution in [3.05, 3.63) is 48.0 Å². The number of hydrogen-bond acceptors (Lipinski definition) is 5. The predicted molar refractivity (Wildman–Crippen MR) is 129 cm³/mol. The Bertz CT molecular complexity index is 1070. The van der Waals surface area contributed by atoms with E-state index in [1.807, 2.05) is 63.2 Å². The molecule has 2 N–H and O–H groups in total. The minimum atomic E-state index is -1.02. The summed E-state index contributed by atoms with van der Waals surface area (Å²) in [6.45, 7) is 7.07. The van der Waals surface area contributed by atoms with Crippen LogP contribution in [0.25, 0.3) is 10.8 Å². The number of Topliss-reactive ketones (excluding diaryl/α,β-unsaturated/α-hetero) is 1. The Balaban J connectivity index is 1.64. The van der Waals surface area contributed by atoms with Crippen LogP contribution in [0.5, 0.6) is 0 Å². The fourth-order valence-corrected chi connectivity index (χ4v) is 5.11. The zero-order valence-electron chi connectivity index (χ0n) is 20.0. The topological polar surface area (TPSA) is 99.2 Å². The van der Waals surface area contributed by atoms with Crippen molar-refractivity contribution in [3.63, 3.8) is 0 Å². The highest BCUT2D eigenvalue weighted by molar-refractivity contribution is 6.09. The normalized spacial score (nSPS) is 23.6. The monoisotopic (exact) mass is 467 g/mol. The van der Waals surface area contributed by atoms with Gasteiger partial charge in [0.05, 0.1) is 12.1 Å². The Kier molecular flexibility index (Phi) is 6.79. The summed E-state index contributed by atoms with van der Waals surface area (Å²) in [6, 6.07) is 12.6. The van der Waals surface area contributed by atoms with Crippen LogP contribution in [0, 0.1) is 5.92 Å². The molecule has 2 aliphatic heterocycles. The Morgan fingerprint density at radius 2 is 1.74 bits per heavy atom. The molecule has 2 amide bonds. The van der Waals surface area contributed by atoms with Crippen LogP contribution in [0.4, 0.5) is 9.59 Å². The second kappa shape index (κ2) is 9.62. The molecule has 2 unspecified atom stereocenters. The lowest BCUT2D eigenvalue weighted by atomic mass is 9.81. The van der Waals surface area contributed by atoms with Gasteiger partial charge in [-0.05, 0) is 44.4 Å². The Morgan fingerprint density at radius 3 is 2.47 bits per heavy atom. The number of piperazine rings is 1. The van der Waals surface area contributed by atoms with E-state index in [-0.39, 0.29) is 11.7 Å². The number of benzene rings is 2. The lowest BCUT2D eigenvalue weighted by Crippen LogP contribution is -2.64. The summed E-state index contributed by atoms with van der Waals surface area (Å²) in [6.07, 6.45) is -0.592. The molecule has 2 aliphatic rings. The highest BCUT2D eigenvalue weighted by Gasteiger charge is 2.44. The van der Waals surface area contributed by atoms with Gasteiger partial charge in [-0.15, -0.1) is 0 Å². The van der Waals surface area contributed by atoms with Gasteiger partial charge in [0.1, 0.15) is 5.60 Å². The van der Waals surface area contributed by atoms with Gasteiger partial charge in [0.25, 0.3) is 0 Å². The number of fused-ring (bicyclic) bond motifs is 1. The molecule has 2 aromatic rings. The molecular formula is C26H33N3O5. The lowest BCUT2D eigenvalue weighted by Gasteiger charge is -2.47. The maximum absolute atomic E-state index is 13.7. The van der Waals surface area contributed by atoms with Crippen LogP contribution in [0.15, 0.2) is 42.5 Å². The maximum Gasteiger partial charge on any atom is 0.410 e. The number of nitrogens with zero attached hydrogens (tertiary/aromatic N) is 2. The summed E-state index contributed by atoms with van der Waals surface area (Å²) in [7, 11) is 0. The van der Waals surface area contributed by atoms with Gasteiger partial charge in [0.2, 0.25) is 0 Å². The van der Waals surface area contributed by atoms with Crippen molar-refractivity contribution in [2.75, 3.05) is 26.2 Å². The molecular weight excluding hydrogens is 434 g/mol. The Hall–Kier alpha value is -3.13. The smallest absolute Gasteiger partial charge is 0.410 e. The number of ether oxygens (including phenoxy) is 1. The first-order valence-corrected chi connectivity index (χ1v) is 11.9. The van der Waals surface area contributed by atoms with Crippen molar-refractivity contribution in [2.45, 2.75) is 51.3 Å². The van der Waals surface area contributed by atoms with E-state index < -0.39 is 29.9 Å². The summed E-state index contributed by atoms with van der Waals surface area (Å²) in [4.78, 5) is 41.8. The number of piperidine rings is 1. The molecule has 8 heteroatoms. The van der Waals surface area contributed by atoms with E-state index >= 15 is 0 Å². The number of likely N-dealkylation sites (tertiary alicyclic amines) is 1. The number of nitrogens with one attached hydrogen (secondary N) is 1. The number of amides is 2. The molecule has 2 aromatic carbocycles. The number of rotatable bonds is 3. The van der Waals surface area contributed by atoms with E-state index in [9.17, 15) is 19.5 Å². The molecule has 0 aromatic heterocycles. The van der Waals surface area contributed by atoms with E-state index in [0.717, 1.165) is 10.8 Å². The van der Waals surface area contributed by atoms with Gasteiger partial charge < -0.3 is 25.0 Å². The molecule has 0 spiro atoms. The fourth-order valence-electron chi connectivity index (χ4n) is 5.11. The molecule has 0 bridgehead atoms.